The highest BCUT2D eigenvalue weighted by Gasteiger charge is 2.31. The van der Waals surface area contributed by atoms with Crippen molar-refractivity contribution in [1.82, 2.24) is 9.88 Å². The molecule has 1 atom stereocenters. The number of thiazole rings is 1. The van der Waals surface area contributed by atoms with Gasteiger partial charge in [0.15, 0.2) is 11.5 Å². The molecule has 0 N–H and O–H groups in total. The van der Waals surface area contributed by atoms with Crippen LogP contribution >= 0.6 is 11.3 Å². The zero-order valence-corrected chi connectivity index (χ0v) is 15.6. The van der Waals surface area contributed by atoms with Crippen LogP contribution < -0.4 is 9.47 Å². The van der Waals surface area contributed by atoms with Crippen LogP contribution in [0.15, 0.2) is 41.9 Å². The molecule has 4 rings (SSSR count). The summed E-state index contributed by atoms with van der Waals surface area (Å²) in [5.74, 6) is 1.45. The maximum atomic E-state index is 13.1. The van der Waals surface area contributed by atoms with Crippen molar-refractivity contribution in [2.45, 2.75) is 18.9 Å². The number of methoxy groups -OCH3 is 2. The first kappa shape index (κ1) is 16.8. The molecule has 1 amide bonds. The zero-order valence-electron chi connectivity index (χ0n) is 14.8. The number of hydrogen-bond donors (Lipinski definition) is 0. The van der Waals surface area contributed by atoms with Gasteiger partial charge in [-0.05, 0) is 48.7 Å². The van der Waals surface area contributed by atoms with Crippen molar-refractivity contribution in [3.05, 3.63) is 53.0 Å². The normalized spacial score (nSPS) is 16.8. The van der Waals surface area contributed by atoms with Crippen molar-refractivity contribution >= 4 is 27.5 Å². The lowest BCUT2D eigenvalue weighted by Crippen LogP contribution is -2.30. The van der Waals surface area contributed by atoms with Crippen LogP contribution in [-0.4, -0.2) is 36.6 Å². The molecule has 0 aliphatic carbocycles. The number of carbonyl (C=O) groups excluding carboxylic acids is 1. The second-order valence-corrected chi connectivity index (χ2v) is 7.19. The van der Waals surface area contributed by atoms with Gasteiger partial charge >= 0.3 is 0 Å². The Morgan fingerprint density at radius 3 is 2.81 bits per heavy atom. The molecule has 1 aliphatic rings. The van der Waals surface area contributed by atoms with Crippen molar-refractivity contribution in [2.24, 2.45) is 0 Å². The van der Waals surface area contributed by atoms with Gasteiger partial charge in [0, 0.05) is 12.1 Å². The average Bonchev–Trinajstić information content (AvgIpc) is 3.35. The lowest BCUT2D eigenvalue weighted by molar-refractivity contribution is 0.0735. The Morgan fingerprint density at radius 2 is 2.00 bits per heavy atom. The summed E-state index contributed by atoms with van der Waals surface area (Å²) in [5.41, 5.74) is 4.53. The fraction of sp³-hybridized carbons (Fsp3) is 0.300. The third-order valence-corrected chi connectivity index (χ3v) is 5.68. The third-order valence-electron chi connectivity index (χ3n) is 4.88. The van der Waals surface area contributed by atoms with Crippen LogP contribution in [-0.2, 0) is 0 Å². The molecule has 2 aromatic carbocycles. The van der Waals surface area contributed by atoms with E-state index in [9.17, 15) is 4.79 Å². The van der Waals surface area contributed by atoms with E-state index in [0.29, 0.717) is 17.1 Å². The molecule has 0 unspecified atom stereocenters. The van der Waals surface area contributed by atoms with E-state index in [-0.39, 0.29) is 11.9 Å². The first-order chi connectivity index (χ1) is 12.7. The highest BCUT2D eigenvalue weighted by atomic mass is 32.1. The molecule has 26 heavy (non-hydrogen) atoms. The minimum Gasteiger partial charge on any atom is -0.493 e. The van der Waals surface area contributed by atoms with Gasteiger partial charge in [-0.1, -0.05) is 6.07 Å². The molecule has 6 heteroatoms. The summed E-state index contributed by atoms with van der Waals surface area (Å²) >= 11 is 1.56. The number of benzene rings is 2. The number of fused-ring (bicyclic) bond motifs is 1. The van der Waals surface area contributed by atoms with E-state index < -0.39 is 0 Å². The van der Waals surface area contributed by atoms with E-state index in [2.05, 4.69) is 4.98 Å². The van der Waals surface area contributed by atoms with Gasteiger partial charge in [0.05, 0.1) is 36.0 Å². The van der Waals surface area contributed by atoms with Crippen molar-refractivity contribution in [3.63, 3.8) is 0 Å². The molecular formula is C20H20N2O3S. The second kappa shape index (κ2) is 6.96. The van der Waals surface area contributed by atoms with E-state index >= 15 is 0 Å². The molecule has 3 aromatic rings. The molecular weight excluding hydrogens is 348 g/mol. The largest absolute Gasteiger partial charge is 0.493 e. The molecule has 134 valence electrons. The van der Waals surface area contributed by atoms with Gasteiger partial charge in [0.25, 0.3) is 5.91 Å². The number of carbonyl (C=O) groups is 1. The topological polar surface area (TPSA) is 51.7 Å². The summed E-state index contributed by atoms with van der Waals surface area (Å²) in [5, 5.41) is 0. The molecule has 0 spiro atoms. The highest BCUT2D eigenvalue weighted by Crippen LogP contribution is 2.37. The smallest absolute Gasteiger partial charge is 0.254 e. The quantitative estimate of drug-likeness (QED) is 0.689. The molecule has 1 aromatic heterocycles. The van der Waals surface area contributed by atoms with Gasteiger partial charge in [-0.15, -0.1) is 11.3 Å². The Balaban J connectivity index is 1.64. The van der Waals surface area contributed by atoms with E-state index in [1.807, 2.05) is 41.3 Å². The minimum absolute atomic E-state index is 0.0551. The predicted octanol–water partition coefficient (Wildman–Crippen LogP) is 4.29. The van der Waals surface area contributed by atoms with Gasteiger partial charge in [-0.25, -0.2) is 4.98 Å². The van der Waals surface area contributed by atoms with E-state index in [1.54, 1.807) is 31.1 Å². The Kier molecular flexibility index (Phi) is 4.51. The lowest BCUT2D eigenvalue weighted by atomic mass is 10.0. The van der Waals surface area contributed by atoms with Crippen LogP contribution in [0.1, 0.15) is 34.8 Å². The summed E-state index contributed by atoms with van der Waals surface area (Å²) in [6.45, 7) is 0.762. The molecule has 1 aliphatic heterocycles. The maximum Gasteiger partial charge on any atom is 0.254 e. The summed E-state index contributed by atoms with van der Waals surface area (Å²) in [4.78, 5) is 19.4. The first-order valence-electron chi connectivity index (χ1n) is 8.57. The zero-order chi connectivity index (χ0) is 18.1. The Morgan fingerprint density at radius 1 is 1.15 bits per heavy atom. The van der Waals surface area contributed by atoms with Crippen molar-refractivity contribution in [1.29, 1.82) is 0 Å². The predicted molar refractivity (Wildman–Crippen MR) is 102 cm³/mol. The number of rotatable bonds is 4. The minimum atomic E-state index is 0.0551. The van der Waals surface area contributed by atoms with Crippen molar-refractivity contribution < 1.29 is 14.3 Å². The van der Waals surface area contributed by atoms with Crippen LogP contribution in [0.5, 0.6) is 11.5 Å². The fourth-order valence-corrected chi connectivity index (χ4v) is 4.29. The van der Waals surface area contributed by atoms with E-state index in [1.165, 1.54) is 0 Å². The van der Waals surface area contributed by atoms with Gasteiger partial charge in [0.2, 0.25) is 0 Å². The standard InChI is InChI=1S/C20H20N2O3S/c1-24-17-8-6-13(10-18(17)25-2)16-4-3-9-22(16)20(23)14-5-7-15-19(11-14)26-12-21-15/h5-8,10-12,16H,3-4,9H2,1-2H3/t16-/m0/s1. The Labute approximate surface area is 156 Å². The number of nitrogens with zero attached hydrogens (tertiary/aromatic N) is 2. The number of hydrogen-bond acceptors (Lipinski definition) is 5. The molecule has 1 fully saturated rings. The number of likely N-dealkylation sites (tertiary alicyclic amines) is 1. The first-order valence-corrected chi connectivity index (χ1v) is 9.45. The second-order valence-electron chi connectivity index (χ2n) is 6.31. The number of ether oxygens (including phenoxy) is 2. The summed E-state index contributed by atoms with van der Waals surface area (Å²) < 4.78 is 11.8. The van der Waals surface area contributed by atoms with Crippen LogP contribution in [0.4, 0.5) is 0 Å². The maximum absolute atomic E-state index is 13.1. The summed E-state index contributed by atoms with van der Waals surface area (Å²) in [7, 11) is 3.25. The fourth-order valence-electron chi connectivity index (χ4n) is 3.57. The highest BCUT2D eigenvalue weighted by molar-refractivity contribution is 7.16. The van der Waals surface area contributed by atoms with Crippen molar-refractivity contribution in [3.8, 4) is 11.5 Å². The molecule has 0 radical (unpaired) electrons. The Bertz CT molecular complexity index is 953. The van der Waals surface area contributed by atoms with E-state index in [0.717, 1.165) is 35.2 Å². The number of amides is 1. The van der Waals surface area contributed by atoms with Gasteiger partial charge < -0.3 is 14.4 Å². The molecule has 1 saturated heterocycles. The van der Waals surface area contributed by atoms with Crippen LogP contribution in [0.3, 0.4) is 0 Å². The van der Waals surface area contributed by atoms with Crippen LogP contribution in [0.2, 0.25) is 0 Å². The van der Waals surface area contributed by atoms with Gasteiger partial charge in [-0.2, -0.15) is 0 Å². The lowest BCUT2D eigenvalue weighted by Gasteiger charge is -2.26. The molecule has 2 heterocycles. The summed E-state index contributed by atoms with van der Waals surface area (Å²) in [6.07, 6.45) is 1.94. The van der Waals surface area contributed by atoms with Crippen molar-refractivity contribution in [2.75, 3.05) is 20.8 Å². The monoisotopic (exact) mass is 368 g/mol. The van der Waals surface area contributed by atoms with Crippen LogP contribution in [0.25, 0.3) is 10.2 Å². The van der Waals surface area contributed by atoms with E-state index in [4.69, 9.17) is 9.47 Å². The third kappa shape index (κ3) is 2.90. The molecule has 0 saturated carbocycles. The summed E-state index contributed by atoms with van der Waals surface area (Å²) in [6, 6.07) is 11.7. The molecule has 5 nitrogen and oxygen atoms in total. The average molecular weight is 368 g/mol. The number of aromatic nitrogens is 1. The SMILES string of the molecule is COc1ccc([C@@H]2CCCN2C(=O)c2ccc3ncsc3c2)cc1OC. The van der Waals surface area contributed by atoms with Gasteiger partial charge in [-0.3, -0.25) is 4.79 Å². The Hall–Kier alpha value is -2.60. The molecule has 0 bridgehead atoms. The van der Waals surface area contributed by atoms with Crippen LogP contribution in [0, 0.1) is 0 Å². The van der Waals surface area contributed by atoms with Gasteiger partial charge in [0.1, 0.15) is 0 Å².